The maximum atomic E-state index is 12.9. The lowest BCUT2D eigenvalue weighted by atomic mass is 10.1. The fourth-order valence-electron chi connectivity index (χ4n) is 3.52. The van der Waals surface area contributed by atoms with Crippen molar-refractivity contribution in [2.45, 2.75) is 25.3 Å². The standard InChI is InChI=1S/C24H29BrN4O3/c25-21-11-9-19(10-12-21)18-27-28-24(31)22(29-14-16-32-17-15-29)8-4-5-13-26-23(30)20-6-2-1-3-7-20/h1-3,6-7,9-12,18,22H,4-5,8,13-17H2,(H,26,30)(H,28,31)/b27-18+. The average Bonchev–Trinajstić information content (AvgIpc) is 2.83. The number of hydrogen-bond donors (Lipinski definition) is 2. The number of ether oxygens (including phenoxy) is 1. The van der Waals surface area contributed by atoms with Gasteiger partial charge in [-0.15, -0.1) is 0 Å². The highest BCUT2D eigenvalue weighted by Crippen LogP contribution is 2.12. The normalized spacial score (nSPS) is 15.4. The van der Waals surface area contributed by atoms with E-state index in [1.165, 1.54) is 0 Å². The predicted molar refractivity (Wildman–Crippen MR) is 129 cm³/mol. The van der Waals surface area contributed by atoms with E-state index in [4.69, 9.17) is 4.74 Å². The summed E-state index contributed by atoms with van der Waals surface area (Å²) in [6.07, 6.45) is 3.95. The van der Waals surface area contributed by atoms with Crippen molar-refractivity contribution in [3.8, 4) is 0 Å². The second-order valence-electron chi connectivity index (χ2n) is 7.57. The molecule has 0 spiro atoms. The molecule has 1 fully saturated rings. The van der Waals surface area contributed by atoms with Crippen LogP contribution in [0.1, 0.15) is 35.2 Å². The van der Waals surface area contributed by atoms with Gasteiger partial charge >= 0.3 is 0 Å². The number of benzene rings is 2. The molecule has 32 heavy (non-hydrogen) atoms. The van der Waals surface area contributed by atoms with Gasteiger partial charge in [0.15, 0.2) is 0 Å². The van der Waals surface area contributed by atoms with Gasteiger partial charge in [0, 0.05) is 29.7 Å². The third-order valence-electron chi connectivity index (χ3n) is 5.27. The maximum Gasteiger partial charge on any atom is 0.257 e. The second-order valence-corrected chi connectivity index (χ2v) is 8.48. The largest absolute Gasteiger partial charge is 0.379 e. The van der Waals surface area contributed by atoms with Gasteiger partial charge in [0.05, 0.1) is 25.5 Å². The summed E-state index contributed by atoms with van der Waals surface area (Å²) in [6.45, 7) is 3.27. The summed E-state index contributed by atoms with van der Waals surface area (Å²) in [4.78, 5) is 27.1. The van der Waals surface area contributed by atoms with Crippen molar-refractivity contribution in [1.82, 2.24) is 15.6 Å². The molecule has 2 amide bonds. The number of hydrazone groups is 1. The van der Waals surface area contributed by atoms with Crippen molar-refractivity contribution < 1.29 is 14.3 Å². The predicted octanol–water partition coefficient (Wildman–Crippen LogP) is 3.20. The summed E-state index contributed by atoms with van der Waals surface area (Å²) < 4.78 is 6.43. The molecule has 0 saturated carbocycles. The molecule has 2 N–H and O–H groups in total. The molecule has 1 saturated heterocycles. The molecule has 0 aromatic heterocycles. The molecule has 1 aliphatic heterocycles. The molecule has 0 aliphatic carbocycles. The number of carbonyl (C=O) groups excluding carboxylic acids is 2. The van der Waals surface area contributed by atoms with E-state index >= 15 is 0 Å². The summed E-state index contributed by atoms with van der Waals surface area (Å²) >= 11 is 3.40. The Labute approximate surface area is 197 Å². The quantitative estimate of drug-likeness (QED) is 0.298. The summed E-state index contributed by atoms with van der Waals surface area (Å²) in [7, 11) is 0. The lowest BCUT2D eigenvalue weighted by Crippen LogP contribution is -2.50. The lowest BCUT2D eigenvalue weighted by Gasteiger charge is -2.33. The minimum Gasteiger partial charge on any atom is -0.379 e. The van der Waals surface area contributed by atoms with Gasteiger partial charge < -0.3 is 10.1 Å². The molecule has 1 heterocycles. The van der Waals surface area contributed by atoms with E-state index in [-0.39, 0.29) is 17.9 Å². The van der Waals surface area contributed by atoms with Crippen LogP contribution in [-0.4, -0.2) is 61.8 Å². The van der Waals surface area contributed by atoms with E-state index in [0.29, 0.717) is 31.7 Å². The van der Waals surface area contributed by atoms with Crippen molar-refractivity contribution in [2.75, 3.05) is 32.8 Å². The number of nitrogens with one attached hydrogen (secondary N) is 2. The summed E-state index contributed by atoms with van der Waals surface area (Å²) in [6, 6.07) is 16.6. The van der Waals surface area contributed by atoms with Crippen LogP contribution in [0, 0.1) is 0 Å². The van der Waals surface area contributed by atoms with Gasteiger partial charge in [0.25, 0.3) is 11.8 Å². The number of unbranched alkanes of at least 4 members (excludes halogenated alkanes) is 1. The Bertz CT molecular complexity index is 884. The van der Waals surface area contributed by atoms with E-state index < -0.39 is 0 Å². The summed E-state index contributed by atoms with van der Waals surface area (Å²) in [5.74, 6) is -0.191. The smallest absolute Gasteiger partial charge is 0.257 e. The second kappa shape index (κ2) is 13.1. The van der Waals surface area contributed by atoms with Gasteiger partial charge in [-0.3, -0.25) is 14.5 Å². The first-order chi connectivity index (χ1) is 15.6. The molecule has 0 bridgehead atoms. The Balaban J connectivity index is 1.47. The van der Waals surface area contributed by atoms with E-state index in [1.54, 1.807) is 18.3 Å². The number of hydrogen-bond acceptors (Lipinski definition) is 5. The number of morpholine rings is 1. The lowest BCUT2D eigenvalue weighted by molar-refractivity contribution is -0.128. The highest BCUT2D eigenvalue weighted by molar-refractivity contribution is 9.10. The first-order valence-corrected chi connectivity index (χ1v) is 11.7. The minimum atomic E-state index is -0.272. The van der Waals surface area contributed by atoms with Gasteiger partial charge in [-0.05, 0) is 49.1 Å². The SMILES string of the molecule is O=C(NCCCCC(C(=O)N/N=C/c1ccc(Br)cc1)N1CCOCC1)c1ccccc1. The van der Waals surface area contributed by atoms with Gasteiger partial charge in [0.1, 0.15) is 0 Å². The van der Waals surface area contributed by atoms with Crippen molar-refractivity contribution in [1.29, 1.82) is 0 Å². The molecule has 3 rings (SSSR count). The van der Waals surface area contributed by atoms with Crippen LogP contribution in [0.4, 0.5) is 0 Å². The van der Waals surface area contributed by atoms with Crippen molar-refractivity contribution >= 4 is 34.0 Å². The molecule has 7 nitrogen and oxygen atoms in total. The molecule has 1 unspecified atom stereocenters. The number of halogens is 1. The molecular formula is C24H29BrN4O3. The Morgan fingerprint density at radius 3 is 2.50 bits per heavy atom. The van der Waals surface area contributed by atoms with E-state index in [9.17, 15) is 9.59 Å². The Morgan fingerprint density at radius 2 is 1.78 bits per heavy atom. The topological polar surface area (TPSA) is 83.0 Å². The van der Waals surface area contributed by atoms with Crippen LogP contribution in [0.5, 0.6) is 0 Å². The molecule has 0 radical (unpaired) electrons. The fourth-order valence-corrected chi connectivity index (χ4v) is 3.78. The Kier molecular flexibility index (Phi) is 9.87. The van der Waals surface area contributed by atoms with Crippen molar-refractivity contribution in [3.05, 3.63) is 70.2 Å². The van der Waals surface area contributed by atoms with Gasteiger partial charge in [-0.2, -0.15) is 5.10 Å². The van der Waals surface area contributed by atoms with E-state index in [1.807, 2.05) is 42.5 Å². The third-order valence-corrected chi connectivity index (χ3v) is 5.80. The molecule has 170 valence electrons. The number of amides is 2. The maximum absolute atomic E-state index is 12.9. The molecule has 2 aromatic carbocycles. The molecular weight excluding hydrogens is 472 g/mol. The zero-order valence-electron chi connectivity index (χ0n) is 18.0. The van der Waals surface area contributed by atoms with E-state index in [2.05, 4.69) is 36.7 Å². The van der Waals surface area contributed by atoms with Crippen LogP contribution < -0.4 is 10.7 Å². The zero-order chi connectivity index (χ0) is 22.6. The highest BCUT2D eigenvalue weighted by atomic mass is 79.9. The van der Waals surface area contributed by atoms with Crippen molar-refractivity contribution in [3.63, 3.8) is 0 Å². The van der Waals surface area contributed by atoms with E-state index in [0.717, 1.165) is 36.0 Å². The van der Waals surface area contributed by atoms with Crippen LogP contribution in [0.2, 0.25) is 0 Å². The van der Waals surface area contributed by atoms with Crippen LogP contribution in [0.15, 0.2) is 64.2 Å². The molecule has 8 heteroatoms. The van der Waals surface area contributed by atoms with Gasteiger partial charge in [0.2, 0.25) is 0 Å². The average molecular weight is 501 g/mol. The van der Waals surface area contributed by atoms with Crippen LogP contribution in [0.3, 0.4) is 0 Å². The van der Waals surface area contributed by atoms with Gasteiger partial charge in [-0.1, -0.05) is 46.3 Å². The fraction of sp³-hybridized carbons (Fsp3) is 0.375. The third kappa shape index (κ3) is 7.85. The van der Waals surface area contributed by atoms with Crippen LogP contribution >= 0.6 is 15.9 Å². The summed E-state index contributed by atoms with van der Waals surface area (Å²) in [5.41, 5.74) is 4.25. The number of rotatable bonds is 10. The summed E-state index contributed by atoms with van der Waals surface area (Å²) in [5, 5.41) is 7.07. The first kappa shape index (κ1) is 24.1. The van der Waals surface area contributed by atoms with Crippen LogP contribution in [-0.2, 0) is 9.53 Å². The molecule has 2 aromatic rings. The van der Waals surface area contributed by atoms with Gasteiger partial charge in [-0.25, -0.2) is 5.43 Å². The minimum absolute atomic E-state index is 0.0737. The zero-order valence-corrected chi connectivity index (χ0v) is 19.6. The monoisotopic (exact) mass is 500 g/mol. The number of carbonyl (C=O) groups is 2. The molecule has 1 aliphatic rings. The molecule has 1 atom stereocenters. The van der Waals surface area contributed by atoms with Crippen LogP contribution in [0.25, 0.3) is 0 Å². The highest BCUT2D eigenvalue weighted by Gasteiger charge is 2.26. The first-order valence-electron chi connectivity index (χ1n) is 10.9. The van der Waals surface area contributed by atoms with Crippen molar-refractivity contribution in [2.24, 2.45) is 5.10 Å². The number of nitrogens with zero attached hydrogens (tertiary/aromatic N) is 2. The Hall–Kier alpha value is -2.55. The Morgan fingerprint density at radius 1 is 1.06 bits per heavy atom.